The Morgan fingerprint density at radius 1 is 1.00 bits per heavy atom. The van der Waals surface area contributed by atoms with Gasteiger partial charge in [0.2, 0.25) is 11.8 Å². The van der Waals surface area contributed by atoms with Crippen molar-refractivity contribution in [3.8, 4) is 0 Å². The van der Waals surface area contributed by atoms with Crippen LogP contribution in [-0.2, 0) is 21.5 Å². The van der Waals surface area contributed by atoms with Crippen LogP contribution >= 0.6 is 0 Å². The Morgan fingerprint density at radius 3 is 2.29 bits per heavy atom. The Hall–Kier alpha value is -1.84. The van der Waals surface area contributed by atoms with E-state index in [0.29, 0.717) is 6.54 Å². The second-order valence-corrected chi connectivity index (χ2v) is 9.55. The molecule has 2 fully saturated rings. The molecule has 1 aromatic carbocycles. The number of hydrogen-bond acceptors (Lipinski definition) is 2. The van der Waals surface area contributed by atoms with Gasteiger partial charge in [0.1, 0.15) is 6.04 Å². The summed E-state index contributed by atoms with van der Waals surface area (Å²) in [5.41, 5.74) is 2.50. The lowest BCUT2D eigenvalue weighted by Gasteiger charge is -2.34. The first-order valence-electron chi connectivity index (χ1n) is 11.0. The molecule has 3 rings (SSSR count). The average Bonchev–Trinajstić information content (AvgIpc) is 2.90. The largest absolute Gasteiger partial charge is 0.354 e. The summed E-state index contributed by atoms with van der Waals surface area (Å²) in [6, 6.07) is 8.23. The fourth-order valence-corrected chi connectivity index (χ4v) is 4.45. The van der Waals surface area contributed by atoms with Crippen LogP contribution in [0.15, 0.2) is 24.3 Å². The van der Waals surface area contributed by atoms with E-state index in [2.05, 4.69) is 50.4 Å². The highest BCUT2D eigenvalue weighted by Crippen LogP contribution is 2.29. The van der Waals surface area contributed by atoms with Gasteiger partial charge in [-0.25, -0.2) is 0 Å². The predicted octanol–water partition coefficient (Wildman–Crippen LogP) is 4.56. The standard InChI is InChI=1S/C24H36N2O2/c1-24(2,3)20-14-12-18(13-15-20)17-26(21-11-7-8-16-25-22(21)27)23(28)19-9-5-4-6-10-19/h12-15,19,21H,4-11,16-17H2,1-3H3,(H,25,27). The van der Waals surface area contributed by atoms with E-state index in [1.54, 1.807) is 0 Å². The second kappa shape index (κ2) is 9.11. The summed E-state index contributed by atoms with van der Waals surface area (Å²) in [4.78, 5) is 28.0. The molecule has 1 N–H and O–H groups in total. The van der Waals surface area contributed by atoms with Crippen molar-refractivity contribution in [1.29, 1.82) is 0 Å². The first-order valence-corrected chi connectivity index (χ1v) is 11.0. The molecule has 0 radical (unpaired) electrons. The zero-order valence-corrected chi connectivity index (χ0v) is 17.8. The van der Waals surface area contributed by atoms with E-state index in [1.807, 2.05) is 4.90 Å². The summed E-state index contributed by atoms with van der Waals surface area (Å²) in [5, 5.41) is 3.01. The van der Waals surface area contributed by atoms with Crippen LogP contribution in [0.25, 0.3) is 0 Å². The molecule has 4 nitrogen and oxygen atoms in total. The van der Waals surface area contributed by atoms with E-state index in [4.69, 9.17) is 0 Å². The van der Waals surface area contributed by atoms with Crippen molar-refractivity contribution in [3.63, 3.8) is 0 Å². The highest BCUT2D eigenvalue weighted by molar-refractivity contribution is 5.88. The van der Waals surface area contributed by atoms with Crippen molar-refractivity contribution in [3.05, 3.63) is 35.4 Å². The highest BCUT2D eigenvalue weighted by atomic mass is 16.2. The summed E-state index contributed by atoms with van der Waals surface area (Å²) >= 11 is 0. The van der Waals surface area contributed by atoms with Gasteiger partial charge in [-0.15, -0.1) is 0 Å². The lowest BCUT2D eigenvalue weighted by molar-refractivity contribution is -0.145. The molecule has 1 unspecified atom stereocenters. The summed E-state index contributed by atoms with van der Waals surface area (Å²) in [6.07, 6.45) is 8.16. The fourth-order valence-electron chi connectivity index (χ4n) is 4.45. The SMILES string of the molecule is CC(C)(C)c1ccc(CN(C(=O)C2CCCCC2)C2CCCCNC2=O)cc1. The molecule has 0 bridgehead atoms. The Bertz CT molecular complexity index is 669. The minimum atomic E-state index is -0.334. The van der Waals surface area contributed by atoms with Crippen molar-refractivity contribution >= 4 is 11.8 Å². The third-order valence-corrected chi connectivity index (χ3v) is 6.29. The van der Waals surface area contributed by atoms with Crippen LogP contribution in [0.2, 0.25) is 0 Å². The monoisotopic (exact) mass is 384 g/mol. The van der Waals surface area contributed by atoms with Gasteiger partial charge in [-0.05, 0) is 48.6 Å². The lowest BCUT2D eigenvalue weighted by Crippen LogP contribution is -2.50. The van der Waals surface area contributed by atoms with Crippen LogP contribution in [0.3, 0.4) is 0 Å². The van der Waals surface area contributed by atoms with Crippen LogP contribution < -0.4 is 5.32 Å². The Kier molecular flexibility index (Phi) is 6.79. The maximum absolute atomic E-state index is 13.4. The zero-order valence-electron chi connectivity index (χ0n) is 17.8. The predicted molar refractivity (Wildman–Crippen MR) is 113 cm³/mol. The van der Waals surface area contributed by atoms with E-state index in [-0.39, 0.29) is 29.2 Å². The molecule has 1 atom stereocenters. The number of amides is 2. The third kappa shape index (κ3) is 5.15. The first-order chi connectivity index (χ1) is 13.4. The van der Waals surface area contributed by atoms with Crippen molar-refractivity contribution < 1.29 is 9.59 Å². The van der Waals surface area contributed by atoms with E-state index in [1.165, 1.54) is 12.0 Å². The summed E-state index contributed by atoms with van der Waals surface area (Å²) in [5.74, 6) is 0.285. The number of benzene rings is 1. The van der Waals surface area contributed by atoms with Crippen molar-refractivity contribution in [2.24, 2.45) is 5.92 Å². The highest BCUT2D eigenvalue weighted by Gasteiger charge is 2.34. The Labute approximate surface area is 170 Å². The van der Waals surface area contributed by atoms with Gasteiger partial charge in [0.15, 0.2) is 0 Å². The van der Waals surface area contributed by atoms with Crippen molar-refractivity contribution in [2.75, 3.05) is 6.54 Å². The molecule has 1 heterocycles. The normalized spacial score (nSPS) is 21.7. The van der Waals surface area contributed by atoms with Crippen LogP contribution in [0.4, 0.5) is 0 Å². The number of carbonyl (C=O) groups excluding carboxylic acids is 2. The topological polar surface area (TPSA) is 49.4 Å². The number of rotatable bonds is 4. The van der Waals surface area contributed by atoms with E-state index in [0.717, 1.165) is 57.1 Å². The molecular weight excluding hydrogens is 348 g/mol. The molecule has 1 saturated heterocycles. The zero-order chi connectivity index (χ0) is 20.1. The summed E-state index contributed by atoms with van der Waals surface area (Å²) in [6.45, 7) is 7.86. The van der Waals surface area contributed by atoms with Gasteiger partial charge in [0.05, 0.1) is 0 Å². The smallest absolute Gasteiger partial charge is 0.242 e. The van der Waals surface area contributed by atoms with Gasteiger partial charge in [-0.1, -0.05) is 64.3 Å². The molecule has 1 aliphatic heterocycles. The maximum Gasteiger partial charge on any atom is 0.242 e. The van der Waals surface area contributed by atoms with Crippen molar-refractivity contribution in [1.82, 2.24) is 10.2 Å². The number of hydrogen-bond donors (Lipinski definition) is 1. The molecule has 0 spiro atoms. The van der Waals surface area contributed by atoms with Crippen LogP contribution in [-0.4, -0.2) is 29.3 Å². The summed E-state index contributed by atoms with van der Waals surface area (Å²) < 4.78 is 0. The van der Waals surface area contributed by atoms with Gasteiger partial charge in [0, 0.05) is 19.0 Å². The van der Waals surface area contributed by atoms with Gasteiger partial charge >= 0.3 is 0 Å². The Morgan fingerprint density at radius 2 is 1.64 bits per heavy atom. The van der Waals surface area contributed by atoms with E-state index in [9.17, 15) is 9.59 Å². The number of nitrogens with one attached hydrogen (secondary N) is 1. The lowest BCUT2D eigenvalue weighted by atomic mass is 9.86. The molecule has 2 aliphatic rings. The number of nitrogens with zero attached hydrogens (tertiary/aromatic N) is 1. The van der Waals surface area contributed by atoms with E-state index < -0.39 is 0 Å². The third-order valence-electron chi connectivity index (χ3n) is 6.29. The minimum absolute atomic E-state index is 0.0213. The molecule has 4 heteroatoms. The molecule has 154 valence electrons. The Balaban J connectivity index is 1.82. The molecular formula is C24H36N2O2. The van der Waals surface area contributed by atoms with Crippen molar-refractivity contribution in [2.45, 2.75) is 90.1 Å². The van der Waals surface area contributed by atoms with Gasteiger partial charge < -0.3 is 10.2 Å². The first kappa shape index (κ1) is 20.9. The molecule has 0 aromatic heterocycles. The van der Waals surface area contributed by atoms with Gasteiger partial charge in [-0.2, -0.15) is 0 Å². The molecule has 1 aromatic rings. The quantitative estimate of drug-likeness (QED) is 0.827. The minimum Gasteiger partial charge on any atom is -0.354 e. The maximum atomic E-state index is 13.4. The van der Waals surface area contributed by atoms with Crippen LogP contribution in [0.1, 0.15) is 83.3 Å². The molecule has 2 amide bonds. The van der Waals surface area contributed by atoms with Gasteiger partial charge in [0.25, 0.3) is 0 Å². The molecule has 1 aliphatic carbocycles. The van der Waals surface area contributed by atoms with Crippen LogP contribution in [0.5, 0.6) is 0 Å². The molecule has 28 heavy (non-hydrogen) atoms. The fraction of sp³-hybridized carbons (Fsp3) is 0.667. The second-order valence-electron chi connectivity index (χ2n) is 9.55. The molecule has 1 saturated carbocycles. The number of carbonyl (C=O) groups is 2. The average molecular weight is 385 g/mol. The summed E-state index contributed by atoms with van der Waals surface area (Å²) in [7, 11) is 0. The van der Waals surface area contributed by atoms with E-state index >= 15 is 0 Å². The van der Waals surface area contributed by atoms with Gasteiger partial charge in [-0.3, -0.25) is 9.59 Å². The van der Waals surface area contributed by atoms with Crippen LogP contribution in [0, 0.1) is 5.92 Å².